The molecule has 17 heteroatoms. The SMILES string of the molecule is C[Si](C)(C)c1ccc(-c2[c-]cc3c(c2)S(=O)(=O)c2ccccc2-3)nc1.C[Si](C)(C)c1ccc(-c2[c-]cc3c(c2)[Si](c2ccccc2)(c2ccccc2)c2ccccc2-3)nc1.C[Si](C)(C)c1ccc(-c2[c-]ccc3c2[Si](C)(C)c2ccccc2-3)nc1.Cc1ccnc(-c2[c-]cccc2)c1.Cc1ccnc(-c2[c-]cccc2)c1.Cc1ccnc(-c2[c-]cccc2)c1.[Ir].[Ir].[Ir]. The van der Waals surface area contributed by atoms with Gasteiger partial charge in [-0.1, -0.05) is 298 Å². The molecule has 11 aromatic carbocycles. The Morgan fingerprint density at radius 2 is 0.677 bits per heavy atom. The molecule has 17 aromatic rings. The molecule has 0 N–H and O–H groups in total. The summed E-state index contributed by atoms with van der Waals surface area (Å²) >= 11 is 0. The fraction of sp³-hybridized carbons (Fsp3) is 0.127. The van der Waals surface area contributed by atoms with Gasteiger partial charge in [-0.2, -0.15) is 0 Å². The second-order valence-electron chi connectivity index (χ2n) is 35.2. The Hall–Kier alpha value is -10.7. The molecule has 6 aromatic heterocycles. The first-order valence-corrected chi connectivity index (χ1v) is 59.1. The molecule has 3 aliphatic rings. The maximum Gasteiger partial charge on any atom is 0.189 e. The van der Waals surface area contributed by atoms with Gasteiger partial charge in [0, 0.05) is 97.5 Å². The number of aryl methyl sites for hydroxylation is 3. The van der Waals surface area contributed by atoms with Gasteiger partial charge in [0.1, 0.15) is 0 Å². The van der Waals surface area contributed by atoms with E-state index in [2.05, 4.69) is 344 Å². The third-order valence-electron chi connectivity index (χ3n) is 23.0. The Labute approximate surface area is 797 Å². The van der Waals surface area contributed by atoms with E-state index in [-0.39, 0.29) is 60.3 Å². The summed E-state index contributed by atoms with van der Waals surface area (Å²) in [5, 5.41) is 12.8. The van der Waals surface area contributed by atoms with Crippen LogP contribution in [0.2, 0.25) is 72.0 Å². The summed E-state index contributed by atoms with van der Waals surface area (Å²) < 4.78 is 25.6. The number of rotatable bonds is 11. The van der Waals surface area contributed by atoms with Crippen LogP contribution in [-0.2, 0) is 70.2 Å². The first-order chi connectivity index (χ1) is 59.7. The van der Waals surface area contributed by atoms with Crippen molar-refractivity contribution >= 4 is 96.9 Å². The molecule has 0 amide bonds. The largest absolute Gasteiger partial charge is 0.305 e. The second kappa shape index (κ2) is 41.2. The Bertz CT molecular complexity index is 6510. The van der Waals surface area contributed by atoms with Gasteiger partial charge in [0.05, 0.1) is 37.2 Å². The van der Waals surface area contributed by atoms with Crippen LogP contribution in [0, 0.1) is 57.2 Å². The molecule has 0 aliphatic carbocycles. The molecule has 0 spiro atoms. The predicted octanol–water partition coefficient (Wildman–Crippen LogP) is 20.8. The molecule has 0 saturated carbocycles. The van der Waals surface area contributed by atoms with Gasteiger partial charge in [-0.25, -0.2) is 8.42 Å². The van der Waals surface area contributed by atoms with Crippen LogP contribution in [0.25, 0.3) is 101 Å². The topological polar surface area (TPSA) is 111 Å². The number of hydrogen-bond acceptors (Lipinski definition) is 8. The smallest absolute Gasteiger partial charge is 0.189 e. The monoisotopic (exact) mass is 2290 g/mol. The Balaban J connectivity index is 0.000000144. The maximum atomic E-state index is 12.8. The molecule has 0 unspecified atom stereocenters. The minimum absolute atomic E-state index is 0. The van der Waals surface area contributed by atoms with Crippen molar-refractivity contribution in [1.29, 1.82) is 0 Å². The van der Waals surface area contributed by atoms with Crippen molar-refractivity contribution < 1.29 is 68.7 Å². The van der Waals surface area contributed by atoms with Crippen LogP contribution in [0.15, 0.2) is 362 Å². The Kier molecular flexibility index (Phi) is 30.9. The molecule has 8 nitrogen and oxygen atoms in total. The van der Waals surface area contributed by atoms with E-state index in [9.17, 15) is 8.42 Å². The number of sulfone groups is 1. The quantitative estimate of drug-likeness (QED) is 0.0930. The van der Waals surface area contributed by atoms with E-state index in [1.165, 1.54) is 91.2 Å². The average molecular weight is 2290 g/mol. The van der Waals surface area contributed by atoms with Gasteiger partial charge in [-0.3, -0.25) is 0 Å². The molecule has 0 bridgehead atoms. The van der Waals surface area contributed by atoms with Crippen LogP contribution in [0.4, 0.5) is 0 Å². The van der Waals surface area contributed by atoms with Gasteiger partial charge < -0.3 is 29.9 Å². The third-order valence-corrected chi connectivity index (χ3v) is 39.3. The fourth-order valence-corrected chi connectivity index (χ4v) is 29.7. The number of pyridine rings is 6. The number of benzene rings is 11. The first kappa shape index (κ1) is 95.4. The summed E-state index contributed by atoms with van der Waals surface area (Å²) in [7, 11) is -11.8. The van der Waals surface area contributed by atoms with Crippen molar-refractivity contribution in [3.8, 4) is 101 Å². The van der Waals surface area contributed by atoms with Crippen LogP contribution in [0.5, 0.6) is 0 Å². The van der Waals surface area contributed by atoms with E-state index in [1.54, 1.807) is 24.3 Å². The van der Waals surface area contributed by atoms with Crippen molar-refractivity contribution in [3.05, 3.63) is 406 Å². The zero-order chi connectivity index (χ0) is 87.0. The van der Waals surface area contributed by atoms with Crippen molar-refractivity contribution in [3.63, 3.8) is 0 Å². The number of aromatic nitrogens is 6. The minimum Gasteiger partial charge on any atom is -0.305 e. The molecular weight excluding hydrogens is 2190 g/mol. The fourth-order valence-electron chi connectivity index (χ4n) is 16.3. The van der Waals surface area contributed by atoms with E-state index in [1.807, 2.05) is 134 Å². The number of nitrogens with zero attached hydrogens (tertiary/aromatic N) is 6. The van der Waals surface area contributed by atoms with E-state index in [4.69, 9.17) is 9.97 Å². The third kappa shape index (κ3) is 21.2. The summed E-state index contributed by atoms with van der Waals surface area (Å²) in [6.07, 6.45) is 11.6. The van der Waals surface area contributed by atoms with E-state index in [0.29, 0.717) is 15.4 Å². The van der Waals surface area contributed by atoms with Crippen molar-refractivity contribution in [2.75, 3.05) is 0 Å². The normalized spacial score (nSPS) is 12.7. The van der Waals surface area contributed by atoms with E-state index in [0.717, 1.165) is 67.5 Å². The first-order valence-electron chi connectivity index (χ1n) is 42.1. The van der Waals surface area contributed by atoms with Gasteiger partial charge >= 0.3 is 0 Å². The molecule has 0 atom stereocenters. The number of hydrogen-bond donors (Lipinski definition) is 0. The molecule has 20 rings (SSSR count). The van der Waals surface area contributed by atoms with Crippen molar-refractivity contribution in [2.24, 2.45) is 0 Å². The molecule has 127 heavy (non-hydrogen) atoms. The summed E-state index contributed by atoms with van der Waals surface area (Å²) in [4.78, 5) is 27.8. The molecule has 3 aliphatic heterocycles. The summed E-state index contributed by atoms with van der Waals surface area (Å²) in [5.41, 5.74) is 22.5. The molecule has 641 valence electrons. The summed E-state index contributed by atoms with van der Waals surface area (Å²) in [6.45, 7) is 32.1. The molecule has 0 saturated heterocycles. The van der Waals surface area contributed by atoms with Crippen LogP contribution in [0.3, 0.4) is 0 Å². The Morgan fingerprint density at radius 3 is 1.09 bits per heavy atom. The minimum atomic E-state index is -3.47. The standard InChI is InChI=1S/C32H28NSi2.C22H24NSi2.C20H18NO2SSi.3C12H10N.3Ir/c1-34(2,3)27-19-21-30(33-23-27)24-18-20-29-28-16-10-11-17-31(28)35(32(29)22-24,25-12-6-4-7-13-25)26-14-8-5-9-15-26;1-24(2,3)16-13-14-20(23-15-16)19-11-8-10-18-17-9-6-7-12-21(17)25(4,5)22(18)19;1-25(2,3)15-9-11-18(21-13-15)14-8-10-17-16-6-4-5-7-19(16)24(22,23)20(17)12-14;3*1-10-7-8-13-12(9-10)11-5-3-2-4-6-11;;;/h4-17,19-23H,1-3H3;6-10,12-15H,1-5H3;4-7,9-13H,1-3H3;3*2-5,7-9H,1H3;;;/q6*-1;;;. The maximum absolute atomic E-state index is 12.8. The van der Waals surface area contributed by atoms with Gasteiger partial charge in [0.15, 0.2) is 17.9 Å². The predicted molar refractivity (Wildman–Crippen MR) is 530 cm³/mol. The van der Waals surface area contributed by atoms with Gasteiger partial charge in [-0.05, 0) is 126 Å². The molecular formula is C110H100Ir3N6O2SSi5-6. The Morgan fingerprint density at radius 1 is 0.291 bits per heavy atom. The van der Waals surface area contributed by atoms with Crippen LogP contribution in [-0.4, -0.2) is 78.7 Å². The van der Waals surface area contributed by atoms with Crippen LogP contribution >= 0.6 is 0 Å². The van der Waals surface area contributed by atoms with Crippen LogP contribution < -0.4 is 46.7 Å². The zero-order valence-corrected chi connectivity index (χ0v) is 86.9. The zero-order valence-electron chi connectivity index (χ0n) is 73.9. The van der Waals surface area contributed by atoms with E-state index >= 15 is 0 Å². The molecule has 9 heterocycles. The molecule has 0 fully saturated rings. The average Bonchev–Trinajstić information content (AvgIpc) is 1.57. The molecule has 3 radical (unpaired) electrons. The van der Waals surface area contributed by atoms with Gasteiger partial charge in [-0.15, -0.1) is 189 Å². The second-order valence-corrected chi connectivity index (χ2v) is 60.3. The number of fused-ring (bicyclic) bond motifs is 9. The van der Waals surface area contributed by atoms with Gasteiger partial charge in [0.2, 0.25) is 0 Å². The van der Waals surface area contributed by atoms with Crippen molar-refractivity contribution in [2.45, 2.75) is 103 Å². The van der Waals surface area contributed by atoms with Crippen molar-refractivity contribution in [1.82, 2.24) is 29.9 Å². The summed E-state index contributed by atoms with van der Waals surface area (Å²) in [6, 6.07) is 128. The van der Waals surface area contributed by atoms with Crippen LogP contribution in [0.1, 0.15) is 16.7 Å². The van der Waals surface area contributed by atoms with E-state index < -0.39 is 50.2 Å². The van der Waals surface area contributed by atoms with Gasteiger partial charge in [0.25, 0.3) is 0 Å². The summed E-state index contributed by atoms with van der Waals surface area (Å²) in [5.74, 6) is 0.